The Kier molecular flexibility index (Phi) is 3.21. The van der Waals surface area contributed by atoms with Crippen LogP contribution in [0, 0.1) is 0 Å². The zero-order valence-electron chi connectivity index (χ0n) is 11.7. The number of benzene rings is 2. The summed E-state index contributed by atoms with van der Waals surface area (Å²) in [5.74, 6) is -0.0844. The van der Waals surface area contributed by atoms with E-state index in [2.05, 4.69) is 21.2 Å². The fourth-order valence-electron chi connectivity index (χ4n) is 2.51. The van der Waals surface area contributed by atoms with Crippen LogP contribution in [0.4, 0.5) is 5.69 Å². The van der Waals surface area contributed by atoms with E-state index in [1.165, 1.54) is 0 Å². The minimum absolute atomic E-state index is 0.0374. The van der Waals surface area contributed by atoms with Crippen molar-refractivity contribution in [2.75, 3.05) is 5.32 Å². The topological polar surface area (TPSA) is 46.2 Å². The molecule has 0 bridgehead atoms. The number of carbonyl (C=O) groups excluding carboxylic acids is 2. The lowest BCUT2D eigenvalue weighted by Gasteiger charge is -2.15. The summed E-state index contributed by atoms with van der Waals surface area (Å²) in [4.78, 5) is 24.5. The van der Waals surface area contributed by atoms with E-state index in [-0.39, 0.29) is 11.7 Å². The molecule has 2 aromatic rings. The number of halogens is 1. The van der Waals surface area contributed by atoms with Gasteiger partial charge in [-0.25, -0.2) is 0 Å². The molecule has 2 aromatic carbocycles. The average Bonchev–Trinajstić information content (AvgIpc) is 2.68. The van der Waals surface area contributed by atoms with E-state index in [1.807, 2.05) is 32.0 Å². The number of amides is 1. The van der Waals surface area contributed by atoms with Gasteiger partial charge in [0.1, 0.15) is 0 Å². The fourth-order valence-corrected chi connectivity index (χ4v) is 2.91. The Morgan fingerprint density at radius 2 is 1.81 bits per heavy atom. The van der Waals surface area contributed by atoms with Crippen LogP contribution in [0.15, 0.2) is 46.9 Å². The predicted octanol–water partition coefficient (Wildman–Crippen LogP) is 3.91. The van der Waals surface area contributed by atoms with E-state index < -0.39 is 5.41 Å². The number of hydrogen-bond acceptors (Lipinski definition) is 2. The highest BCUT2D eigenvalue weighted by atomic mass is 79.9. The molecule has 3 nitrogen and oxygen atoms in total. The third kappa shape index (κ3) is 2.29. The maximum absolute atomic E-state index is 12.6. The van der Waals surface area contributed by atoms with Gasteiger partial charge in [-0.1, -0.05) is 28.1 Å². The van der Waals surface area contributed by atoms with Crippen molar-refractivity contribution >= 4 is 33.3 Å². The second kappa shape index (κ2) is 4.81. The zero-order valence-corrected chi connectivity index (χ0v) is 13.3. The molecule has 0 atom stereocenters. The van der Waals surface area contributed by atoms with Gasteiger partial charge in [-0.2, -0.15) is 0 Å². The van der Waals surface area contributed by atoms with Gasteiger partial charge in [0, 0.05) is 21.3 Å². The van der Waals surface area contributed by atoms with Crippen LogP contribution in [0.3, 0.4) is 0 Å². The molecule has 3 rings (SSSR count). The Labute approximate surface area is 131 Å². The molecule has 0 fully saturated rings. The number of hydrogen-bond donors (Lipinski definition) is 1. The van der Waals surface area contributed by atoms with Gasteiger partial charge in [0.25, 0.3) is 0 Å². The molecular formula is C17H14BrNO2. The second-order valence-corrected chi connectivity index (χ2v) is 6.59. The Hall–Kier alpha value is -1.94. The molecule has 0 spiro atoms. The largest absolute Gasteiger partial charge is 0.325 e. The summed E-state index contributed by atoms with van der Waals surface area (Å²) in [5.41, 5.74) is 2.27. The van der Waals surface area contributed by atoms with E-state index in [0.717, 1.165) is 15.7 Å². The van der Waals surface area contributed by atoms with Crippen LogP contribution in [0.5, 0.6) is 0 Å². The van der Waals surface area contributed by atoms with Crippen LogP contribution >= 0.6 is 15.9 Å². The first-order valence-electron chi connectivity index (χ1n) is 6.66. The Morgan fingerprint density at radius 3 is 2.52 bits per heavy atom. The van der Waals surface area contributed by atoms with E-state index >= 15 is 0 Å². The lowest BCUT2D eigenvalue weighted by molar-refractivity contribution is -0.119. The second-order valence-electron chi connectivity index (χ2n) is 5.68. The van der Waals surface area contributed by atoms with Gasteiger partial charge in [0.15, 0.2) is 5.78 Å². The van der Waals surface area contributed by atoms with Crippen molar-refractivity contribution in [1.82, 2.24) is 0 Å². The summed E-state index contributed by atoms with van der Waals surface area (Å²) in [6.45, 7) is 3.73. The SMILES string of the molecule is CC1(C)C(=O)Nc2ccc(C(=O)c3cccc(Br)c3)cc21. The first-order chi connectivity index (χ1) is 9.89. The molecule has 0 aromatic heterocycles. The molecular weight excluding hydrogens is 330 g/mol. The molecule has 0 radical (unpaired) electrons. The highest BCUT2D eigenvalue weighted by molar-refractivity contribution is 9.10. The minimum Gasteiger partial charge on any atom is -0.325 e. The van der Waals surface area contributed by atoms with Gasteiger partial charge >= 0.3 is 0 Å². The predicted molar refractivity (Wildman–Crippen MR) is 85.7 cm³/mol. The molecule has 106 valence electrons. The normalized spacial score (nSPS) is 15.5. The van der Waals surface area contributed by atoms with Gasteiger partial charge < -0.3 is 5.32 Å². The summed E-state index contributed by atoms with van der Waals surface area (Å²) in [5, 5.41) is 2.84. The maximum Gasteiger partial charge on any atom is 0.234 e. The summed E-state index contributed by atoms with van der Waals surface area (Å²) >= 11 is 3.37. The first-order valence-corrected chi connectivity index (χ1v) is 7.45. The number of anilines is 1. The first kappa shape index (κ1) is 14.0. The van der Waals surface area contributed by atoms with Crippen molar-refractivity contribution in [3.05, 3.63) is 63.6 Å². The van der Waals surface area contributed by atoms with Crippen LogP contribution < -0.4 is 5.32 Å². The number of carbonyl (C=O) groups is 2. The molecule has 1 N–H and O–H groups in total. The Balaban J connectivity index is 2.04. The maximum atomic E-state index is 12.6. The number of fused-ring (bicyclic) bond motifs is 1. The van der Waals surface area contributed by atoms with E-state index in [4.69, 9.17) is 0 Å². The number of ketones is 1. The van der Waals surface area contributed by atoms with Gasteiger partial charge in [-0.3, -0.25) is 9.59 Å². The third-order valence-electron chi connectivity index (χ3n) is 3.86. The summed E-state index contributed by atoms with van der Waals surface area (Å²) in [6.07, 6.45) is 0. The molecule has 1 aliphatic heterocycles. The highest BCUT2D eigenvalue weighted by Crippen LogP contribution is 2.38. The van der Waals surface area contributed by atoms with Gasteiger partial charge in [0.05, 0.1) is 5.41 Å². The molecule has 0 saturated carbocycles. The Bertz CT molecular complexity index is 765. The van der Waals surface area contributed by atoms with E-state index in [9.17, 15) is 9.59 Å². The van der Waals surface area contributed by atoms with Crippen molar-refractivity contribution in [2.45, 2.75) is 19.3 Å². The standard InChI is InChI=1S/C17H14BrNO2/c1-17(2)13-9-11(6-7-14(13)19-16(17)21)15(20)10-4-3-5-12(18)8-10/h3-9H,1-2H3,(H,19,21). The van der Waals surface area contributed by atoms with E-state index in [0.29, 0.717) is 11.1 Å². The van der Waals surface area contributed by atoms with Crippen LogP contribution in [0.25, 0.3) is 0 Å². The van der Waals surface area contributed by atoms with Crippen molar-refractivity contribution < 1.29 is 9.59 Å². The smallest absolute Gasteiger partial charge is 0.234 e. The molecule has 1 aliphatic rings. The molecule has 0 aliphatic carbocycles. The number of rotatable bonds is 2. The van der Waals surface area contributed by atoms with Crippen LogP contribution in [-0.4, -0.2) is 11.7 Å². The van der Waals surface area contributed by atoms with Crippen LogP contribution in [0.2, 0.25) is 0 Å². The average molecular weight is 344 g/mol. The van der Waals surface area contributed by atoms with Gasteiger partial charge in [-0.15, -0.1) is 0 Å². The summed E-state index contributed by atoms with van der Waals surface area (Å²) in [7, 11) is 0. The van der Waals surface area contributed by atoms with Crippen LogP contribution in [0.1, 0.15) is 35.3 Å². The van der Waals surface area contributed by atoms with Crippen molar-refractivity contribution in [1.29, 1.82) is 0 Å². The van der Waals surface area contributed by atoms with Gasteiger partial charge in [0.2, 0.25) is 5.91 Å². The summed E-state index contributed by atoms with van der Waals surface area (Å²) in [6, 6.07) is 12.7. The lowest BCUT2D eigenvalue weighted by atomic mass is 9.84. The fraction of sp³-hybridized carbons (Fsp3) is 0.176. The molecule has 0 saturated heterocycles. The highest BCUT2D eigenvalue weighted by Gasteiger charge is 2.38. The van der Waals surface area contributed by atoms with Gasteiger partial charge in [-0.05, 0) is 49.7 Å². The molecule has 0 unspecified atom stereocenters. The lowest BCUT2D eigenvalue weighted by Crippen LogP contribution is -2.27. The minimum atomic E-state index is -0.608. The molecule has 1 amide bonds. The van der Waals surface area contributed by atoms with Crippen molar-refractivity contribution in [3.63, 3.8) is 0 Å². The van der Waals surface area contributed by atoms with E-state index in [1.54, 1.807) is 24.3 Å². The monoisotopic (exact) mass is 343 g/mol. The molecule has 1 heterocycles. The summed E-state index contributed by atoms with van der Waals surface area (Å²) < 4.78 is 0.867. The van der Waals surface area contributed by atoms with Crippen molar-refractivity contribution in [3.8, 4) is 0 Å². The van der Waals surface area contributed by atoms with Crippen LogP contribution in [-0.2, 0) is 10.2 Å². The quantitative estimate of drug-likeness (QED) is 0.840. The zero-order chi connectivity index (χ0) is 15.2. The van der Waals surface area contributed by atoms with Crippen molar-refractivity contribution in [2.24, 2.45) is 0 Å². The molecule has 4 heteroatoms. The number of nitrogens with one attached hydrogen (secondary N) is 1. The third-order valence-corrected chi connectivity index (χ3v) is 4.35. The Morgan fingerprint density at radius 1 is 1.10 bits per heavy atom. The molecule has 21 heavy (non-hydrogen) atoms.